The molecular formula is C20H23FN2O4S. The van der Waals surface area contributed by atoms with Crippen LogP contribution in [0.4, 0.5) is 4.39 Å². The van der Waals surface area contributed by atoms with Gasteiger partial charge < -0.3 is 9.64 Å². The largest absolute Gasteiger partial charge is 0.494 e. The lowest BCUT2D eigenvalue weighted by molar-refractivity contribution is -0.130. The molecule has 0 unspecified atom stereocenters. The van der Waals surface area contributed by atoms with Gasteiger partial charge in [0.05, 0.1) is 13.7 Å². The van der Waals surface area contributed by atoms with Crippen LogP contribution in [0.15, 0.2) is 53.9 Å². The predicted molar refractivity (Wildman–Crippen MR) is 106 cm³/mol. The van der Waals surface area contributed by atoms with Gasteiger partial charge in [-0.2, -0.15) is 4.31 Å². The van der Waals surface area contributed by atoms with Crippen LogP contribution in [0, 0.1) is 5.82 Å². The van der Waals surface area contributed by atoms with Gasteiger partial charge in [0.1, 0.15) is 0 Å². The van der Waals surface area contributed by atoms with Crippen molar-refractivity contribution in [1.29, 1.82) is 0 Å². The Morgan fingerprint density at radius 1 is 1.14 bits per heavy atom. The Morgan fingerprint density at radius 3 is 2.43 bits per heavy atom. The van der Waals surface area contributed by atoms with Crippen molar-refractivity contribution < 1.29 is 22.3 Å². The predicted octanol–water partition coefficient (Wildman–Crippen LogP) is 2.73. The van der Waals surface area contributed by atoms with Crippen LogP contribution in [-0.2, 0) is 21.4 Å². The Bertz CT molecular complexity index is 946. The van der Waals surface area contributed by atoms with E-state index < -0.39 is 21.7 Å². The molecule has 0 N–H and O–H groups in total. The first kappa shape index (κ1) is 21.6. The van der Waals surface area contributed by atoms with E-state index in [1.54, 1.807) is 30.3 Å². The van der Waals surface area contributed by atoms with Crippen LogP contribution in [0.25, 0.3) is 6.08 Å². The molecule has 0 spiro atoms. The average Bonchev–Trinajstić information content (AvgIpc) is 2.67. The second-order valence-corrected chi connectivity index (χ2v) is 8.16. The van der Waals surface area contributed by atoms with E-state index in [1.807, 2.05) is 6.07 Å². The lowest BCUT2D eigenvalue weighted by Crippen LogP contribution is -2.38. The normalized spacial score (nSPS) is 11.8. The van der Waals surface area contributed by atoms with E-state index in [-0.39, 0.29) is 18.8 Å². The number of carbonyl (C=O) groups excluding carboxylic acids is 1. The number of halogens is 1. The number of hydrogen-bond acceptors (Lipinski definition) is 4. The van der Waals surface area contributed by atoms with E-state index in [9.17, 15) is 17.6 Å². The zero-order valence-electron chi connectivity index (χ0n) is 16.0. The summed E-state index contributed by atoms with van der Waals surface area (Å²) in [6.07, 6.45) is 1.47. The van der Waals surface area contributed by atoms with Crippen molar-refractivity contribution in [2.45, 2.75) is 6.54 Å². The van der Waals surface area contributed by atoms with Gasteiger partial charge in [-0.25, -0.2) is 12.8 Å². The Hall–Kier alpha value is -2.71. The van der Waals surface area contributed by atoms with Crippen LogP contribution < -0.4 is 4.74 Å². The fraction of sp³-hybridized carbons (Fsp3) is 0.250. The summed E-state index contributed by atoms with van der Waals surface area (Å²) >= 11 is 0. The molecule has 1 amide bonds. The molecule has 0 saturated heterocycles. The first-order valence-corrected chi connectivity index (χ1v) is 9.99. The highest BCUT2D eigenvalue weighted by atomic mass is 32.2. The summed E-state index contributed by atoms with van der Waals surface area (Å²) in [5, 5.41) is 1.06. The minimum Gasteiger partial charge on any atom is -0.494 e. The molecule has 28 heavy (non-hydrogen) atoms. The topological polar surface area (TPSA) is 66.9 Å². The van der Waals surface area contributed by atoms with Crippen LogP contribution in [0.3, 0.4) is 0 Å². The molecule has 0 fully saturated rings. The monoisotopic (exact) mass is 406 g/mol. The van der Waals surface area contributed by atoms with Crippen molar-refractivity contribution in [3.8, 4) is 5.75 Å². The third-order valence-corrected chi connectivity index (χ3v) is 5.56. The second kappa shape index (κ2) is 9.48. The first-order chi connectivity index (χ1) is 13.2. The first-order valence-electron chi connectivity index (χ1n) is 8.49. The molecule has 2 aromatic rings. The van der Waals surface area contributed by atoms with Gasteiger partial charge in [-0.3, -0.25) is 4.79 Å². The molecule has 0 atom stereocenters. The van der Waals surface area contributed by atoms with Crippen molar-refractivity contribution in [3.05, 3.63) is 70.9 Å². The molecule has 0 saturated carbocycles. The van der Waals surface area contributed by atoms with E-state index in [4.69, 9.17) is 4.74 Å². The van der Waals surface area contributed by atoms with Crippen LogP contribution in [0.2, 0.25) is 0 Å². The summed E-state index contributed by atoms with van der Waals surface area (Å²) in [7, 11) is 0.494. The van der Waals surface area contributed by atoms with Gasteiger partial charge in [0.15, 0.2) is 11.6 Å². The number of sulfonamides is 1. The number of carbonyl (C=O) groups is 1. The highest BCUT2D eigenvalue weighted by Crippen LogP contribution is 2.18. The third-order valence-electron chi connectivity index (χ3n) is 4.09. The minimum absolute atomic E-state index is 0.119. The molecule has 0 aliphatic rings. The summed E-state index contributed by atoms with van der Waals surface area (Å²) in [5.74, 6) is -0.809. The summed E-state index contributed by atoms with van der Waals surface area (Å²) in [4.78, 5) is 13.7. The van der Waals surface area contributed by atoms with Crippen molar-refractivity contribution in [3.63, 3.8) is 0 Å². The van der Waals surface area contributed by atoms with Crippen LogP contribution in [-0.4, -0.2) is 51.3 Å². The van der Waals surface area contributed by atoms with Gasteiger partial charge in [-0.1, -0.05) is 36.4 Å². The number of nitrogens with zero attached hydrogens (tertiary/aromatic N) is 2. The summed E-state index contributed by atoms with van der Waals surface area (Å²) in [6, 6.07) is 13.4. The van der Waals surface area contributed by atoms with Crippen LogP contribution >= 0.6 is 0 Å². The Kier molecular flexibility index (Phi) is 7.31. The Labute approximate surface area is 164 Å². The second-order valence-electron chi connectivity index (χ2n) is 6.23. The number of likely N-dealkylation sites (N-methyl/N-ethyl adjacent to an activating group) is 2. The maximum absolute atomic E-state index is 13.8. The molecule has 2 rings (SSSR count). The van der Waals surface area contributed by atoms with Crippen molar-refractivity contribution in [2.75, 3.05) is 27.7 Å². The summed E-state index contributed by atoms with van der Waals surface area (Å²) in [6.45, 7) is -0.176. The number of benzene rings is 2. The molecule has 0 radical (unpaired) electrons. The van der Waals surface area contributed by atoms with Crippen molar-refractivity contribution in [2.24, 2.45) is 0 Å². The maximum Gasteiger partial charge on any atom is 0.237 e. The van der Waals surface area contributed by atoms with Crippen molar-refractivity contribution in [1.82, 2.24) is 9.21 Å². The number of methoxy groups -OCH3 is 1. The van der Waals surface area contributed by atoms with Gasteiger partial charge in [-0.05, 0) is 29.3 Å². The number of rotatable bonds is 8. The molecule has 150 valence electrons. The molecule has 2 aromatic carbocycles. The standard InChI is InChI=1S/C20H23FN2O4S/c1-22(14-17-9-10-19(27-3)18(21)13-17)20(24)15-23(2)28(25,26)12-11-16-7-5-4-6-8-16/h4-13H,14-15H2,1-3H3. The van der Waals surface area contributed by atoms with E-state index in [0.29, 0.717) is 5.56 Å². The van der Waals surface area contributed by atoms with E-state index in [2.05, 4.69) is 0 Å². The Morgan fingerprint density at radius 2 is 1.82 bits per heavy atom. The summed E-state index contributed by atoms with van der Waals surface area (Å²) in [5.41, 5.74) is 1.31. The number of hydrogen-bond donors (Lipinski definition) is 0. The smallest absolute Gasteiger partial charge is 0.237 e. The molecule has 0 aromatic heterocycles. The fourth-order valence-electron chi connectivity index (χ4n) is 2.40. The van der Waals surface area contributed by atoms with Gasteiger partial charge >= 0.3 is 0 Å². The highest BCUT2D eigenvalue weighted by molar-refractivity contribution is 7.92. The van der Waals surface area contributed by atoms with E-state index >= 15 is 0 Å². The molecule has 8 heteroatoms. The number of ether oxygens (including phenoxy) is 1. The quantitative estimate of drug-likeness (QED) is 0.676. The zero-order chi connectivity index (χ0) is 20.7. The van der Waals surface area contributed by atoms with E-state index in [0.717, 1.165) is 15.3 Å². The molecule has 0 aliphatic carbocycles. The number of amides is 1. The molecule has 0 aliphatic heterocycles. The highest BCUT2D eigenvalue weighted by Gasteiger charge is 2.20. The molecule has 6 nitrogen and oxygen atoms in total. The molecule has 0 heterocycles. The van der Waals surface area contributed by atoms with E-state index in [1.165, 1.54) is 44.3 Å². The van der Waals surface area contributed by atoms with Crippen LogP contribution in [0.1, 0.15) is 11.1 Å². The SMILES string of the molecule is COc1ccc(CN(C)C(=O)CN(C)S(=O)(=O)C=Cc2ccccc2)cc1F. The zero-order valence-corrected chi connectivity index (χ0v) is 16.8. The minimum atomic E-state index is -3.75. The Balaban J connectivity index is 1.98. The van der Waals surface area contributed by atoms with Crippen LogP contribution in [0.5, 0.6) is 5.75 Å². The summed E-state index contributed by atoms with van der Waals surface area (Å²) < 4.78 is 44.3. The van der Waals surface area contributed by atoms with Crippen molar-refractivity contribution >= 4 is 22.0 Å². The lowest BCUT2D eigenvalue weighted by Gasteiger charge is -2.21. The van der Waals surface area contributed by atoms with Gasteiger partial charge in [0.2, 0.25) is 15.9 Å². The average molecular weight is 406 g/mol. The molecular weight excluding hydrogens is 383 g/mol. The van der Waals surface area contributed by atoms with Gasteiger partial charge in [0, 0.05) is 26.0 Å². The van der Waals surface area contributed by atoms with Gasteiger partial charge in [0.25, 0.3) is 0 Å². The third kappa shape index (κ3) is 5.90. The lowest BCUT2D eigenvalue weighted by atomic mass is 10.2. The molecule has 0 bridgehead atoms. The maximum atomic E-state index is 13.8. The van der Waals surface area contributed by atoms with Gasteiger partial charge in [-0.15, -0.1) is 0 Å². The fourth-order valence-corrected chi connectivity index (χ4v) is 3.23.